The van der Waals surface area contributed by atoms with E-state index in [-0.39, 0.29) is 43.6 Å². The molecule has 3 aromatic rings. The summed E-state index contributed by atoms with van der Waals surface area (Å²) in [6.07, 6.45) is 0.394. The van der Waals surface area contributed by atoms with Gasteiger partial charge < -0.3 is 26.2 Å². The fourth-order valence-electron chi connectivity index (χ4n) is 5.54. The van der Waals surface area contributed by atoms with Gasteiger partial charge in [0.1, 0.15) is 17.4 Å². The predicted molar refractivity (Wildman–Crippen MR) is 155 cm³/mol. The Kier molecular flexibility index (Phi) is 8.66. The molecule has 0 spiro atoms. The molecule has 0 unspecified atom stereocenters. The SMILES string of the molecule is COc1cc(C(=O)O)ccc1NC(=O)[C@@H]1N[C@@H](CC(C)(C)C)[C@](N)(c2ccc(Cl)cc2F)[C@H]1c1cccc(Cl)c1F. The first-order valence-electron chi connectivity index (χ1n) is 12.8. The average Bonchev–Trinajstić information content (AvgIpc) is 3.16. The van der Waals surface area contributed by atoms with Gasteiger partial charge in [-0.15, -0.1) is 0 Å². The van der Waals surface area contributed by atoms with E-state index < -0.39 is 47.1 Å². The monoisotopic (exact) mass is 605 g/mol. The van der Waals surface area contributed by atoms with Gasteiger partial charge in [-0.25, -0.2) is 13.6 Å². The van der Waals surface area contributed by atoms with Gasteiger partial charge in [-0.05, 0) is 53.8 Å². The molecule has 1 aliphatic rings. The van der Waals surface area contributed by atoms with Crippen LogP contribution in [0.3, 0.4) is 0 Å². The second kappa shape index (κ2) is 11.6. The van der Waals surface area contributed by atoms with E-state index in [1.165, 1.54) is 49.6 Å². The molecule has 218 valence electrons. The second-order valence-corrected chi connectivity index (χ2v) is 12.2. The van der Waals surface area contributed by atoms with Crippen molar-refractivity contribution in [1.29, 1.82) is 0 Å². The number of nitrogens with two attached hydrogens (primary N) is 1. The van der Waals surface area contributed by atoms with Crippen LogP contribution in [0.5, 0.6) is 5.75 Å². The Balaban J connectivity index is 1.90. The Hall–Kier alpha value is -3.24. The summed E-state index contributed by atoms with van der Waals surface area (Å²) in [6, 6.07) is 10.6. The van der Waals surface area contributed by atoms with Crippen LogP contribution in [0, 0.1) is 17.0 Å². The Morgan fingerprint density at radius 2 is 1.83 bits per heavy atom. The third-order valence-corrected chi connectivity index (χ3v) is 7.85. The van der Waals surface area contributed by atoms with Crippen LogP contribution in [0.4, 0.5) is 14.5 Å². The van der Waals surface area contributed by atoms with Gasteiger partial charge in [0, 0.05) is 22.5 Å². The van der Waals surface area contributed by atoms with Crippen LogP contribution in [0.1, 0.15) is 54.6 Å². The zero-order valence-corrected chi connectivity index (χ0v) is 24.4. The van der Waals surface area contributed by atoms with Gasteiger partial charge in [0.15, 0.2) is 0 Å². The Morgan fingerprint density at radius 1 is 1.12 bits per heavy atom. The van der Waals surface area contributed by atoms with E-state index in [2.05, 4.69) is 10.6 Å². The molecule has 4 atom stereocenters. The smallest absolute Gasteiger partial charge is 0.335 e. The summed E-state index contributed by atoms with van der Waals surface area (Å²) >= 11 is 12.2. The molecule has 1 amide bonds. The molecule has 5 N–H and O–H groups in total. The number of amides is 1. The number of anilines is 1. The highest BCUT2D eigenvalue weighted by atomic mass is 35.5. The zero-order valence-electron chi connectivity index (χ0n) is 22.9. The normalized spacial score (nSPS) is 22.4. The molecule has 1 aliphatic heterocycles. The minimum Gasteiger partial charge on any atom is -0.495 e. The molecule has 1 heterocycles. The molecule has 3 aromatic carbocycles. The van der Waals surface area contributed by atoms with Crippen molar-refractivity contribution in [3.8, 4) is 5.75 Å². The molecule has 1 saturated heterocycles. The molecule has 11 heteroatoms. The molecule has 0 aromatic heterocycles. The summed E-state index contributed by atoms with van der Waals surface area (Å²) in [6.45, 7) is 5.93. The third kappa shape index (κ3) is 6.04. The number of benzene rings is 3. The highest BCUT2D eigenvalue weighted by Crippen LogP contribution is 2.50. The third-order valence-electron chi connectivity index (χ3n) is 7.32. The number of halogens is 4. The van der Waals surface area contributed by atoms with Gasteiger partial charge in [0.25, 0.3) is 0 Å². The summed E-state index contributed by atoms with van der Waals surface area (Å²) in [4.78, 5) is 25.4. The van der Waals surface area contributed by atoms with Gasteiger partial charge in [-0.2, -0.15) is 0 Å². The van der Waals surface area contributed by atoms with E-state index in [1.807, 2.05) is 20.8 Å². The molecule has 1 fully saturated rings. The van der Waals surface area contributed by atoms with Crippen LogP contribution in [0.2, 0.25) is 10.0 Å². The predicted octanol–water partition coefficient (Wildman–Crippen LogP) is 6.33. The van der Waals surface area contributed by atoms with Crippen molar-refractivity contribution in [2.24, 2.45) is 11.1 Å². The van der Waals surface area contributed by atoms with E-state index in [0.29, 0.717) is 6.42 Å². The number of carbonyl (C=O) groups is 2. The van der Waals surface area contributed by atoms with Crippen LogP contribution in [0.25, 0.3) is 0 Å². The summed E-state index contributed by atoms with van der Waals surface area (Å²) in [7, 11) is 1.34. The Labute approximate surface area is 247 Å². The number of methoxy groups -OCH3 is 1. The van der Waals surface area contributed by atoms with Crippen molar-refractivity contribution < 1.29 is 28.2 Å². The first kappa shape index (κ1) is 30.7. The molecular weight excluding hydrogens is 575 g/mol. The standard InChI is InChI=1S/C30H31Cl2F2N3O4/c1-29(2,3)14-23-30(35,18-10-9-16(31)13-20(18)33)24(17-6-5-7-19(32)25(17)34)26(37-23)27(38)36-21-11-8-15(28(39)40)12-22(21)41-4/h5-13,23-24,26,37H,14,35H2,1-4H3,(H,36,38)(H,39,40)/t23-,24-,26+,30+/m0/s1. The number of nitrogens with one attached hydrogen (secondary N) is 2. The molecular formula is C30H31Cl2F2N3O4. The Morgan fingerprint density at radius 3 is 2.44 bits per heavy atom. The quantitative estimate of drug-likeness (QED) is 0.250. The lowest BCUT2D eigenvalue weighted by Gasteiger charge is -2.40. The van der Waals surface area contributed by atoms with Gasteiger partial charge in [0.05, 0.1) is 35.0 Å². The molecule has 0 bridgehead atoms. The molecule has 41 heavy (non-hydrogen) atoms. The molecule has 4 rings (SSSR count). The highest BCUT2D eigenvalue weighted by Gasteiger charge is 2.58. The zero-order chi connectivity index (χ0) is 30.3. The van der Waals surface area contributed by atoms with Gasteiger partial charge >= 0.3 is 5.97 Å². The number of carboxylic acids is 1. The van der Waals surface area contributed by atoms with Crippen LogP contribution in [-0.4, -0.2) is 36.2 Å². The summed E-state index contributed by atoms with van der Waals surface area (Å²) in [5, 5.41) is 15.4. The first-order valence-corrected chi connectivity index (χ1v) is 13.6. The van der Waals surface area contributed by atoms with Crippen LogP contribution < -0.4 is 21.1 Å². The lowest BCUT2D eigenvalue weighted by molar-refractivity contribution is -0.118. The number of ether oxygens (including phenoxy) is 1. The van der Waals surface area contributed by atoms with Crippen molar-refractivity contribution in [2.75, 3.05) is 12.4 Å². The minimum absolute atomic E-state index is 0.0339. The lowest BCUT2D eigenvalue weighted by atomic mass is 9.68. The van der Waals surface area contributed by atoms with Crippen molar-refractivity contribution in [2.45, 2.75) is 50.7 Å². The Bertz CT molecular complexity index is 1500. The van der Waals surface area contributed by atoms with E-state index in [9.17, 15) is 14.7 Å². The number of carbonyl (C=O) groups excluding carboxylic acids is 1. The number of rotatable bonds is 7. The van der Waals surface area contributed by atoms with E-state index >= 15 is 8.78 Å². The molecule has 0 radical (unpaired) electrons. The van der Waals surface area contributed by atoms with Gasteiger partial charge in [-0.1, -0.05) is 62.2 Å². The van der Waals surface area contributed by atoms with Crippen LogP contribution >= 0.6 is 23.2 Å². The number of hydrogen-bond donors (Lipinski definition) is 4. The van der Waals surface area contributed by atoms with Gasteiger partial charge in [-0.3, -0.25) is 4.79 Å². The molecule has 0 saturated carbocycles. The largest absolute Gasteiger partial charge is 0.495 e. The first-order chi connectivity index (χ1) is 19.2. The van der Waals surface area contributed by atoms with Crippen LogP contribution in [0.15, 0.2) is 54.6 Å². The summed E-state index contributed by atoms with van der Waals surface area (Å²) < 4.78 is 36.6. The van der Waals surface area contributed by atoms with Crippen molar-refractivity contribution in [3.63, 3.8) is 0 Å². The minimum atomic E-state index is -1.63. The summed E-state index contributed by atoms with van der Waals surface area (Å²) in [5.41, 5.74) is 5.47. The lowest BCUT2D eigenvalue weighted by Crippen LogP contribution is -2.52. The van der Waals surface area contributed by atoms with Crippen LogP contribution in [-0.2, 0) is 10.3 Å². The fraction of sp³-hybridized carbons (Fsp3) is 0.333. The van der Waals surface area contributed by atoms with Crippen molar-refractivity contribution >= 4 is 40.8 Å². The molecule has 0 aliphatic carbocycles. The van der Waals surface area contributed by atoms with E-state index in [4.69, 9.17) is 33.7 Å². The maximum absolute atomic E-state index is 15.7. The fourth-order valence-corrected chi connectivity index (χ4v) is 5.88. The van der Waals surface area contributed by atoms with Gasteiger partial charge in [0.2, 0.25) is 5.91 Å². The maximum Gasteiger partial charge on any atom is 0.335 e. The van der Waals surface area contributed by atoms with Crippen molar-refractivity contribution in [1.82, 2.24) is 5.32 Å². The molecule has 7 nitrogen and oxygen atoms in total. The topological polar surface area (TPSA) is 114 Å². The van der Waals surface area contributed by atoms with Crippen molar-refractivity contribution in [3.05, 3.63) is 93.0 Å². The maximum atomic E-state index is 15.7. The number of aromatic carboxylic acids is 1. The number of hydrogen-bond acceptors (Lipinski definition) is 5. The highest BCUT2D eigenvalue weighted by molar-refractivity contribution is 6.31. The van der Waals surface area contributed by atoms with E-state index in [0.717, 1.165) is 6.07 Å². The summed E-state index contributed by atoms with van der Waals surface area (Å²) in [5.74, 6) is -4.28. The second-order valence-electron chi connectivity index (χ2n) is 11.3. The number of carboxylic acid groups (broad SMARTS) is 1. The average molecular weight is 606 g/mol. The van der Waals surface area contributed by atoms with E-state index in [1.54, 1.807) is 6.07 Å².